The van der Waals surface area contributed by atoms with Crippen LogP contribution in [-0.4, -0.2) is 28.4 Å². The zero-order chi connectivity index (χ0) is 12.6. The van der Waals surface area contributed by atoms with E-state index in [4.69, 9.17) is 9.84 Å². The van der Waals surface area contributed by atoms with E-state index in [9.17, 15) is 14.3 Å². The molecule has 2 N–H and O–H groups in total. The first-order chi connectivity index (χ1) is 8.00. The summed E-state index contributed by atoms with van der Waals surface area (Å²) in [5.41, 5.74) is -0.163. The topological polar surface area (TPSA) is 66.8 Å². The van der Waals surface area contributed by atoms with Crippen molar-refractivity contribution in [1.82, 2.24) is 0 Å². The van der Waals surface area contributed by atoms with Crippen LogP contribution in [0.2, 0.25) is 0 Å². The molecule has 1 saturated carbocycles. The van der Waals surface area contributed by atoms with Crippen LogP contribution >= 0.6 is 15.9 Å². The number of aliphatic hydroxyl groups excluding tert-OH is 1. The molecule has 1 aromatic rings. The highest BCUT2D eigenvalue weighted by Crippen LogP contribution is 2.32. The van der Waals surface area contributed by atoms with Gasteiger partial charge in [0.2, 0.25) is 0 Å². The number of benzene rings is 1. The number of halogens is 2. The molecule has 0 heterocycles. The second-order valence-electron chi connectivity index (χ2n) is 3.85. The number of carboxylic acids is 1. The lowest BCUT2D eigenvalue weighted by Gasteiger charge is -2.32. The largest absolute Gasteiger partial charge is 0.485 e. The summed E-state index contributed by atoms with van der Waals surface area (Å²) in [4.78, 5) is 10.7. The van der Waals surface area contributed by atoms with Crippen molar-refractivity contribution in [2.45, 2.75) is 25.0 Å². The Kier molecular flexibility index (Phi) is 3.35. The molecule has 2 atom stereocenters. The fraction of sp³-hybridized carbons (Fsp3) is 0.364. The van der Waals surface area contributed by atoms with E-state index in [0.717, 1.165) is 0 Å². The van der Waals surface area contributed by atoms with E-state index in [2.05, 4.69) is 15.9 Å². The Morgan fingerprint density at radius 1 is 1.47 bits per heavy atom. The monoisotopic (exact) mass is 304 g/mol. The van der Waals surface area contributed by atoms with E-state index in [1.165, 1.54) is 12.1 Å². The average molecular weight is 305 g/mol. The van der Waals surface area contributed by atoms with Crippen LogP contribution < -0.4 is 4.74 Å². The summed E-state index contributed by atoms with van der Waals surface area (Å²) in [5, 5.41) is 18.1. The molecule has 1 aromatic carbocycles. The van der Waals surface area contributed by atoms with Gasteiger partial charge < -0.3 is 14.9 Å². The molecule has 1 aliphatic rings. The van der Waals surface area contributed by atoms with Crippen molar-refractivity contribution in [2.24, 2.45) is 0 Å². The van der Waals surface area contributed by atoms with Gasteiger partial charge in [0.1, 0.15) is 6.10 Å². The molecule has 0 bridgehead atoms. The van der Waals surface area contributed by atoms with Crippen molar-refractivity contribution in [3.8, 4) is 5.75 Å². The zero-order valence-corrected chi connectivity index (χ0v) is 10.3. The van der Waals surface area contributed by atoms with Crippen LogP contribution in [0.15, 0.2) is 16.6 Å². The van der Waals surface area contributed by atoms with Gasteiger partial charge in [0.05, 0.1) is 16.1 Å². The second kappa shape index (κ2) is 4.62. The van der Waals surface area contributed by atoms with Gasteiger partial charge >= 0.3 is 5.97 Å². The summed E-state index contributed by atoms with van der Waals surface area (Å²) < 4.78 is 18.9. The molecule has 1 aliphatic carbocycles. The molecule has 0 amide bonds. The molecule has 0 aliphatic heterocycles. The zero-order valence-electron chi connectivity index (χ0n) is 8.69. The lowest BCUT2D eigenvalue weighted by molar-refractivity contribution is -0.0378. The van der Waals surface area contributed by atoms with Crippen molar-refractivity contribution in [3.05, 3.63) is 28.0 Å². The van der Waals surface area contributed by atoms with Gasteiger partial charge in [0, 0.05) is 0 Å². The first-order valence-corrected chi connectivity index (χ1v) is 5.86. The third kappa shape index (κ3) is 2.28. The minimum absolute atomic E-state index is 0.0503. The summed E-state index contributed by atoms with van der Waals surface area (Å²) in [6.07, 6.45) is 0.318. The van der Waals surface area contributed by atoms with Gasteiger partial charge in [0.25, 0.3) is 0 Å². The third-order valence-corrected chi connectivity index (χ3v) is 3.51. The highest BCUT2D eigenvalue weighted by molar-refractivity contribution is 9.10. The molecule has 1 fully saturated rings. The van der Waals surface area contributed by atoms with Crippen molar-refractivity contribution in [1.29, 1.82) is 0 Å². The van der Waals surface area contributed by atoms with Crippen LogP contribution in [0, 0.1) is 5.82 Å². The molecule has 4 nitrogen and oxygen atoms in total. The van der Waals surface area contributed by atoms with E-state index >= 15 is 0 Å². The smallest absolute Gasteiger partial charge is 0.336 e. The van der Waals surface area contributed by atoms with E-state index in [1.54, 1.807) is 0 Å². The van der Waals surface area contributed by atoms with Crippen LogP contribution in [0.3, 0.4) is 0 Å². The first-order valence-electron chi connectivity index (χ1n) is 5.06. The van der Waals surface area contributed by atoms with Crippen LogP contribution in [0.5, 0.6) is 5.75 Å². The number of ether oxygens (including phenoxy) is 1. The van der Waals surface area contributed by atoms with Gasteiger partial charge in [-0.1, -0.05) is 0 Å². The maximum Gasteiger partial charge on any atom is 0.336 e. The number of hydrogen-bond donors (Lipinski definition) is 2. The Bertz CT molecular complexity index is 463. The quantitative estimate of drug-likeness (QED) is 0.898. The summed E-state index contributed by atoms with van der Waals surface area (Å²) in [7, 11) is 0. The fourth-order valence-electron chi connectivity index (χ4n) is 1.54. The Morgan fingerprint density at radius 3 is 2.65 bits per heavy atom. The highest BCUT2D eigenvalue weighted by Gasteiger charge is 2.32. The van der Waals surface area contributed by atoms with E-state index in [0.29, 0.717) is 12.8 Å². The molecule has 2 rings (SSSR count). The van der Waals surface area contributed by atoms with Gasteiger partial charge in [-0.15, -0.1) is 0 Å². The van der Waals surface area contributed by atoms with Gasteiger partial charge in [-0.3, -0.25) is 0 Å². The fourth-order valence-corrected chi connectivity index (χ4v) is 2.04. The number of aromatic carboxylic acids is 1. The van der Waals surface area contributed by atoms with E-state index in [1.807, 2.05) is 0 Å². The number of aliphatic hydroxyl groups is 1. The van der Waals surface area contributed by atoms with Crippen molar-refractivity contribution < 1.29 is 24.1 Å². The van der Waals surface area contributed by atoms with E-state index < -0.39 is 24.0 Å². The normalized spacial score (nSPS) is 23.0. The molecular weight excluding hydrogens is 295 g/mol. The summed E-state index contributed by atoms with van der Waals surface area (Å²) in [5.74, 6) is -2.03. The molecule has 0 aromatic heterocycles. The maximum atomic E-state index is 13.8. The summed E-state index contributed by atoms with van der Waals surface area (Å²) in [6, 6.07) is 2.52. The predicted molar refractivity (Wildman–Crippen MR) is 60.7 cm³/mol. The SMILES string of the molecule is O=C(O)c1ccc(O[C@H]2CC[C@H]2O)c(F)c1Br. The Balaban J connectivity index is 2.24. The molecule has 92 valence electrons. The van der Waals surface area contributed by atoms with Gasteiger partial charge in [-0.05, 0) is 40.9 Å². The van der Waals surface area contributed by atoms with Gasteiger partial charge in [-0.2, -0.15) is 0 Å². The number of carbonyl (C=O) groups is 1. The Hall–Kier alpha value is -1.14. The molecule has 0 spiro atoms. The first kappa shape index (κ1) is 12.3. The maximum absolute atomic E-state index is 13.8. The average Bonchev–Trinajstić information content (AvgIpc) is 2.28. The minimum Gasteiger partial charge on any atom is -0.485 e. The van der Waals surface area contributed by atoms with Crippen LogP contribution in [0.1, 0.15) is 23.2 Å². The van der Waals surface area contributed by atoms with Gasteiger partial charge in [0.15, 0.2) is 11.6 Å². The Morgan fingerprint density at radius 2 is 2.18 bits per heavy atom. The number of hydrogen-bond acceptors (Lipinski definition) is 3. The summed E-state index contributed by atoms with van der Waals surface area (Å²) >= 11 is 2.88. The lowest BCUT2D eigenvalue weighted by Crippen LogP contribution is -2.41. The molecule has 0 radical (unpaired) electrons. The molecule has 6 heteroatoms. The van der Waals surface area contributed by atoms with Gasteiger partial charge in [-0.25, -0.2) is 9.18 Å². The molecule has 0 unspecified atom stereocenters. The van der Waals surface area contributed by atoms with Crippen LogP contribution in [0.4, 0.5) is 4.39 Å². The number of carboxylic acid groups (broad SMARTS) is 1. The van der Waals surface area contributed by atoms with Crippen molar-refractivity contribution in [3.63, 3.8) is 0 Å². The third-order valence-electron chi connectivity index (χ3n) is 2.73. The number of rotatable bonds is 3. The summed E-state index contributed by atoms with van der Waals surface area (Å²) in [6.45, 7) is 0. The highest BCUT2D eigenvalue weighted by atomic mass is 79.9. The molecule has 17 heavy (non-hydrogen) atoms. The molecular formula is C11H10BrFO4. The van der Waals surface area contributed by atoms with Crippen LogP contribution in [0.25, 0.3) is 0 Å². The second-order valence-corrected chi connectivity index (χ2v) is 4.64. The standard InChI is InChI=1S/C11H10BrFO4/c12-9-5(11(15)16)1-3-8(10(9)13)17-7-4-2-6(7)14/h1,3,6-7,14H,2,4H2,(H,15,16)/t6-,7+/m1/s1. The lowest BCUT2D eigenvalue weighted by atomic mass is 9.92. The van der Waals surface area contributed by atoms with Crippen molar-refractivity contribution in [2.75, 3.05) is 0 Å². The molecule has 0 saturated heterocycles. The minimum atomic E-state index is -1.22. The van der Waals surface area contributed by atoms with Crippen LogP contribution in [-0.2, 0) is 0 Å². The van der Waals surface area contributed by atoms with E-state index in [-0.39, 0.29) is 15.8 Å². The Labute approximate surface area is 105 Å². The van der Waals surface area contributed by atoms with Crippen molar-refractivity contribution >= 4 is 21.9 Å². The predicted octanol–water partition coefficient (Wildman–Crippen LogP) is 2.19.